The van der Waals surface area contributed by atoms with Gasteiger partial charge in [0.05, 0.1) is 29.0 Å². The third-order valence-electron chi connectivity index (χ3n) is 3.68. The Kier molecular flexibility index (Phi) is 7.33. The summed E-state index contributed by atoms with van der Waals surface area (Å²) < 4.78 is 13.1. The van der Waals surface area contributed by atoms with Crippen molar-refractivity contribution in [3.8, 4) is 0 Å². The number of hydrogen-bond donors (Lipinski definition) is 0. The summed E-state index contributed by atoms with van der Waals surface area (Å²) in [6, 6.07) is 5.39. The fraction of sp³-hybridized carbons (Fsp3) is 0.500. The summed E-state index contributed by atoms with van der Waals surface area (Å²) in [6.07, 6.45) is 2.24. The van der Waals surface area contributed by atoms with Crippen LogP contribution in [0.2, 0.25) is 0 Å². The van der Waals surface area contributed by atoms with Crippen LogP contribution in [0.3, 0.4) is 0 Å². The first kappa shape index (κ1) is 19.3. The molecule has 0 spiro atoms. The molecule has 2 rings (SSSR count). The molecule has 1 aromatic carbocycles. The fourth-order valence-electron chi connectivity index (χ4n) is 2.39. The van der Waals surface area contributed by atoms with Crippen LogP contribution in [0.4, 0.5) is 0 Å². The van der Waals surface area contributed by atoms with Crippen LogP contribution in [0.25, 0.3) is 10.2 Å². The summed E-state index contributed by atoms with van der Waals surface area (Å²) in [7, 11) is 1.64. The van der Waals surface area contributed by atoms with Gasteiger partial charge in [-0.25, -0.2) is 4.79 Å². The van der Waals surface area contributed by atoms with Gasteiger partial charge in [0.25, 0.3) is 0 Å². The van der Waals surface area contributed by atoms with E-state index < -0.39 is 0 Å². The maximum absolute atomic E-state index is 12.1. The zero-order valence-corrected chi connectivity index (χ0v) is 15.7. The number of benzene rings is 1. The van der Waals surface area contributed by atoms with Gasteiger partial charge in [0, 0.05) is 20.1 Å². The maximum atomic E-state index is 12.1. The van der Waals surface area contributed by atoms with Crippen molar-refractivity contribution in [1.29, 1.82) is 0 Å². The van der Waals surface area contributed by atoms with E-state index >= 15 is 0 Å². The molecule has 0 radical (unpaired) electrons. The van der Waals surface area contributed by atoms with Gasteiger partial charge in [0.1, 0.15) is 0 Å². The normalized spacial score (nSPS) is 11.9. The Bertz CT molecular complexity index is 807. The zero-order valence-electron chi connectivity index (χ0n) is 14.9. The molecule has 0 atom stereocenters. The number of fused-ring (bicyclic) bond motifs is 1. The third kappa shape index (κ3) is 4.99. The first-order chi connectivity index (χ1) is 12.1. The van der Waals surface area contributed by atoms with Crippen LogP contribution in [0.1, 0.15) is 43.5 Å². The molecular weight excluding hydrogens is 340 g/mol. The first-order valence-corrected chi connectivity index (χ1v) is 9.29. The number of ether oxygens (including phenoxy) is 2. The summed E-state index contributed by atoms with van der Waals surface area (Å²) in [4.78, 5) is 28.9. The highest BCUT2D eigenvalue weighted by Crippen LogP contribution is 2.20. The average molecular weight is 364 g/mol. The van der Waals surface area contributed by atoms with Crippen molar-refractivity contribution in [3.63, 3.8) is 0 Å². The predicted molar refractivity (Wildman–Crippen MR) is 97.7 cm³/mol. The predicted octanol–water partition coefficient (Wildman–Crippen LogP) is 3.14. The van der Waals surface area contributed by atoms with Crippen LogP contribution < -0.4 is 4.80 Å². The van der Waals surface area contributed by atoms with Gasteiger partial charge in [-0.2, -0.15) is 4.99 Å². The summed E-state index contributed by atoms with van der Waals surface area (Å²) in [5, 5.41) is 0. The molecule has 1 heterocycles. The molecule has 1 amide bonds. The molecule has 1 aromatic heterocycles. The van der Waals surface area contributed by atoms with Crippen LogP contribution in [-0.2, 0) is 20.8 Å². The number of carbonyl (C=O) groups is 2. The third-order valence-corrected chi connectivity index (χ3v) is 4.72. The SMILES string of the molecule is CCCCC(=O)N=c1sc2cc(C(=O)OCC)ccc2n1CCOC. The largest absolute Gasteiger partial charge is 0.462 e. The Morgan fingerprint density at radius 1 is 1.28 bits per heavy atom. The van der Waals surface area contributed by atoms with Gasteiger partial charge < -0.3 is 14.0 Å². The number of rotatable bonds is 8. The van der Waals surface area contributed by atoms with Gasteiger partial charge in [-0.1, -0.05) is 24.7 Å². The number of thiazole rings is 1. The fourth-order valence-corrected chi connectivity index (χ4v) is 3.50. The van der Waals surface area contributed by atoms with Gasteiger partial charge in [-0.05, 0) is 31.5 Å². The highest BCUT2D eigenvalue weighted by Gasteiger charge is 2.12. The molecule has 0 unspecified atom stereocenters. The molecule has 0 saturated carbocycles. The summed E-state index contributed by atoms with van der Waals surface area (Å²) in [6.45, 7) is 5.26. The Morgan fingerprint density at radius 3 is 2.76 bits per heavy atom. The van der Waals surface area contributed by atoms with Crippen LogP contribution in [0, 0.1) is 0 Å². The van der Waals surface area contributed by atoms with Gasteiger partial charge in [-0.15, -0.1) is 0 Å². The van der Waals surface area contributed by atoms with Crippen molar-refractivity contribution in [2.24, 2.45) is 4.99 Å². The van der Waals surface area contributed by atoms with E-state index in [1.54, 1.807) is 26.2 Å². The lowest BCUT2D eigenvalue weighted by Crippen LogP contribution is -2.19. The summed E-state index contributed by atoms with van der Waals surface area (Å²) in [5.41, 5.74) is 1.43. The second kappa shape index (κ2) is 9.48. The van der Waals surface area contributed by atoms with E-state index in [-0.39, 0.29) is 11.9 Å². The molecule has 6 nitrogen and oxygen atoms in total. The van der Waals surface area contributed by atoms with Gasteiger partial charge in [-0.3, -0.25) is 4.79 Å². The molecule has 0 aliphatic rings. The van der Waals surface area contributed by atoms with E-state index in [0.29, 0.717) is 36.5 Å². The average Bonchev–Trinajstić information content (AvgIpc) is 2.94. The first-order valence-electron chi connectivity index (χ1n) is 8.47. The van der Waals surface area contributed by atoms with E-state index in [2.05, 4.69) is 4.99 Å². The second-order valence-corrected chi connectivity index (χ2v) is 6.55. The van der Waals surface area contributed by atoms with Crippen LogP contribution >= 0.6 is 11.3 Å². The molecule has 25 heavy (non-hydrogen) atoms. The lowest BCUT2D eigenvalue weighted by Gasteiger charge is -2.05. The van der Waals surface area contributed by atoms with E-state index in [0.717, 1.165) is 23.1 Å². The minimum Gasteiger partial charge on any atom is -0.462 e. The Morgan fingerprint density at radius 2 is 2.08 bits per heavy atom. The number of esters is 1. The molecule has 0 N–H and O–H groups in total. The number of aromatic nitrogens is 1. The second-order valence-electron chi connectivity index (χ2n) is 5.54. The zero-order chi connectivity index (χ0) is 18.2. The lowest BCUT2D eigenvalue weighted by atomic mass is 10.2. The maximum Gasteiger partial charge on any atom is 0.338 e. The molecule has 0 saturated heterocycles. The number of unbranched alkanes of at least 4 members (excludes halogenated alkanes) is 1. The number of nitrogens with zero attached hydrogens (tertiary/aromatic N) is 2. The van der Waals surface area contributed by atoms with E-state index in [1.807, 2.05) is 17.6 Å². The summed E-state index contributed by atoms with van der Waals surface area (Å²) >= 11 is 1.40. The Hall–Kier alpha value is -1.99. The van der Waals surface area contributed by atoms with Gasteiger partial charge >= 0.3 is 5.97 Å². The van der Waals surface area contributed by atoms with E-state index in [4.69, 9.17) is 9.47 Å². The highest BCUT2D eigenvalue weighted by atomic mass is 32.1. The molecule has 7 heteroatoms. The van der Waals surface area contributed by atoms with Crippen molar-refractivity contribution >= 4 is 33.4 Å². The Labute approximate surface area is 151 Å². The minimum absolute atomic E-state index is 0.120. The molecule has 0 aliphatic carbocycles. The van der Waals surface area contributed by atoms with Gasteiger partial charge in [0.2, 0.25) is 5.91 Å². The van der Waals surface area contributed by atoms with Crippen molar-refractivity contribution in [1.82, 2.24) is 4.57 Å². The van der Waals surface area contributed by atoms with E-state index in [9.17, 15) is 9.59 Å². The Balaban J connectivity index is 2.46. The standard InChI is InChI=1S/C18H24N2O4S/c1-4-6-7-16(21)19-18-20(10-11-23-3)14-9-8-13(12-15(14)25-18)17(22)24-5-2/h8-9,12H,4-7,10-11H2,1-3H3. The van der Waals surface area contributed by atoms with Crippen LogP contribution in [0.5, 0.6) is 0 Å². The highest BCUT2D eigenvalue weighted by molar-refractivity contribution is 7.16. The van der Waals surface area contributed by atoms with Gasteiger partial charge in [0.15, 0.2) is 4.80 Å². The molecule has 136 valence electrons. The molecule has 2 aromatic rings. The van der Waals surface area contributed by atoms with Crippen LogP contribution in [-0.4, -0.2) is 36.8 Å². The number of amides is 1. The number of methoxy groups -OCH3 is 1. The van der Waals surface area contributed by atoms with Crippen molar-refractivity contribution < 1.29 is 19.1 Å². The van der Waals surface area contributed by atoms with Crippen molar-refractivity contribution in [3.05, 3.63) is 28.6 Å². The molecule has 0 aliphatic heterocycles. The molecule has 0 fully saturated rings. The lowest BCUT2D eigenvalue weighted by molar-refractivity contribution is -0.118. The van der Waals surface area contributed by atoms with Crippen molar-refractivity contribution in [2.45, 2.75) is 39.7 Å². The smallest absolute Gasteiger partial charge is 0.338 e. The topological polar surface area (TPSA) is 69.9 Å². The molecule has 0 bridgehead atoms. The van der Waals surface area contributed by atoms with E-state index in [1.165, 1.54) is 11.3 Å². The number of hydrogen-bond acceptors (Lipinski definition) is 5. The molecular formula is C18H24N2O4S. The quantitative estimate of drug-likeness (QED) is 0.675. The van der Waals surface area contributed by atoms with Crippen LogP contribution in [0.15, 0.2) is 23.2 Å². The number of carbonyl (C=O) groups excluding carboxylic acids is 2. The van der Waals surface area contributed by atoms with Crippen molar-refractivity contribution in [2.75, 3.05) is 20.3 Å². The minimum atomic E-state index is -0.348. The summed E-state index contributed by atoms with van der Waals surface area (Å²) in [5.74, 6) is -0.469. The monoisotopic (exact) mass is 364 g/mol.